The molecular weight excluding hydrogens is 337 g/mol. The van der Waals surface area contributed by atoms with E-state index in [4.69, 9.17) is 9.47 Å². The number of piperidine rings is 1. The standard InChI is InChI=1S/C19H22FN3O3/c1-25-19(7-10-21-11-8-19)18(24)23-13-14-6-9-22-17(12-14)26-16-4-2-15(20)3-5-16/h2-6,9,12,21H,7-8,10-11,13H2,1H3,(H,23,24). The molecule has 1 aromatic heterocycles. The Bertz CT molecular complexity index is 746. The van der Waals surface area contributed by atoms with Crippen molar-refractivity contribution in [3.63, 3.8) is 0 Å². The molecule has 7 heteroatoms. The number of benzene rings is 1. The summed E-state index contributed by atoms with van der Waals surface area (Å²) in [7, 11) is 1.58. The number of hydrogen-bond acceptors (Lipinski definition) is 5. The molecule has 3 rings (SSSR count). The van der Waals surface area contributed by atoms with Crippen LogP contribution in [0, 0.1) is 5.82 Å². The van der Waals surface area contributed by atoms with Crippen molar-refractivity contribution >= 4 is 5.91 Å². The van der Waals surface area contributed by atoms with Crippen LogP contribution < -0.4 is 15.4 Å². The second-order valence-electron chi connectivity index (χ2n) is 6.19. The lowest BCUT2D eigenvalue weighted by Crippen LogP contribution is -2.53. The molecule has 0 saturated carbocycles. The summed E-state index contributed by atoms with van der Waals surface area (Å²) in [6.07, 6.45) is 2.90. The number of rotatable bonds is 6. The normalized spacial score (nSPS) is 16.1. The fourth-order valence-electron chi connectivity index (χ4n) is 2.94. The number of pyridine rings is 1. The quantitative estimate of drug-likeness (QED) is 0.829. The molecule has 1 aliphatic rings. The molecule has 0 radical (unpaired) electrons. The molecule has 2 aromatic rings. The largest absolute Gasteiger partial charge is 0.439 e. The summed E-state index contributed by atoms with van der Waals surface area (Å²) in [4.78, 5) is 16.7. The van der Waals surface area contributed by atoms with Crippen LogP contribution in [-0.4, -0.2) is 36.7 Å². The minimum absolute atomic E-state index is 0.112. The Hall–Kier alpha value is -2.51. The smallest absolute Gasteiger partial charge is 0.252 e. The van der Waals surface area contributed by atoms with E-state index >= 15 is 0 Å². The van der Waals surface area contributed by atoms with Gasteiger partial charge in [-0.15, -0.1) is 0 Å². The highest BCUT2D eigenvalue weighted by Crippen LogP contribution is 2.23. The average Bonchev–Trinajstić information content (AvgIpc) is 2.69. The first kappa shape index (κ1) is 18.3. The van der Waals surface area contributed by atoms with Crippen LogP contribution in [0.1, 0.15) is 18.4 Å². The first-order chi connectivity index (χ1) is 12.6. The van der Waals surface area contributed by atoms with E-state index < -0.39 is 5.60 Å². The topological polar surface area (TPSA) is 72.5 Å². The van der Waals surface area contributed by atoms with E-state index in [1.54, 1.807) is 25.4 Å². The number of carbonyl (C=O) groups excluding carboxylic acids is 1. The fourth-order valence-corrected chi connectivity index (χ4v) is 2.94. The second-order valence-corrected chi connectivity index (χ2v) is 6.19. The van der Waals surface area contributed by atoms with Crippen LogP contribution in [0.2, 0.25) is 0 Å². The van der Waals surface area contributed by atoms with Gasteiger partial charge in [0.25, 0.3) is 5.91 Å². The first-order valence-corrected chi connectivity index (χ1v) is 8.54. The van der Waals surface area contributed by atoms with Gasteiger partial charge in [-0.2, -0.15) is 0 Å². The second kappa shape index (κ2) is 8.25. The van der Waals surface area contributed by atoms with Crippen molar-refractivity contribution < 1.29 is 18.7 Å². The van der Waals surface area contributed by atoms with E-state index in [1.165, 1.54) is 24.3 Å². The summed E-state index contributed by atoms with van der Waals surface area (Å²) in [6.45, 7) is 1.86. The number of nitrogens with zero attached hydrogens (tertiary/aromatic N) is 1. The van der Waals surface area contributed by atoms with Crippen LogP contribution >= 0.6 is 0 Å². The summed E-state index contributed by atoms with van der Waals surface area (Å²) in [5.74, 6) is 0.436. The van der Waals surface area contributed by atoms with Crippen molar-refractivity contribution in [2.75, 3.05) is 20.2 Å². The van der Waals surface area contributed by atoms with Gasteiger partial charge in [-0.3, -0.25) is 4.79 Å². The Morgan fingerprint density at radius 1 is 1.27 bits per heavy atom. The SMILES string of the molecule is COC1(C(=O)NCc2ccnc(Oc3ccc(F)cc3)c2)CCNCC1. The van der Waals surface area contributed by atoms with E-state index in [9.17, 15) is 9.18 Å². The van der Waals surface area contributed by atoms with Gasteiger partial charge >= 0.3 is 0 Å². The molecular formula is C19H22FN3O3. The Balaban J connectivity index is 1.61. The van der Waals surface area contributed by atoms with Gasteiger partial charge in [0, 0.05) is 25.9 Å². The minimum atomic E-state index is -0.772. The van der Waals surface area contributed by atoms with E-state index in [0.717, 1.165) is 18.7 Å². The van der Waals surface area contributed by atoms with Gasteiger partial charge in [-0.25, -0.2) is 9.37 Å². The Morgan fingerprint density at radius 3 is 2.69 bits per heavy atom. The zero-order valence-corrected chi connectivity index (χ0v) is 14.6. The van der Waals surface area contributed by atoms with Crippen LogP contribution in [-0.2, 0) is 16.1 Å². The molecule has 0 bridgehead atoms. The highest BCUT2D eigenvalue weighted by Gasteiger charge is 2.39. The molecule has 1 fully saturated rings. The van der Waals surface area contributed by atoms with E-state index in [1.807, 2.05) is 0 Å². The third-order valence-electron chi connectivity index (χ3n) is 4.50. The maximum atomic E-state index is 13.0. The van der Waals surface area contributed by atoms with Gasteiger partial charge < -0.3 is 20.1 Å². The number of methoxy groups -OCH3 is 1. The van der Waals surface area contributed by atoms with Crippen molar-refractivity contribution in [2.24, 2.45) is 0 Å². The van der Waals surface area contributed by atoms with Gasteiger partial charge in [-0.1, -0.05) is 0 Å². The minimum Gasteiger partial charge on any atom is -0.439 e. The molecule has 0 spiro atoms. The van der Waals surface area contributed by atoms with E-state index in [2.05, 4.69) is 15.6 Å². The van der Waals surface area contributed by atoms with Crippen molar-refractivity contribution in [3.8, 4) is 11.6 Å². The summed E-state index contributed by atoms with van der Waals surface area (Å²) >= 11 is 0. The average molecular weight is 359 g/mol. The number of ether oxygens (including phenoxy) is 2. The number of nitrogens with one attached hydrogen (secondary N) is 2. The van der Waals surface area contributed by atoms with Gasteiger partial charge in [0.1, 0.15) is 17.2 Å². The number of carbonyl (C=O) groups is 1. The molecule has 1 saturated heterocycles. The van der Waals surface area contributed by atoms with Gasteiger partial charge in [0.05, 0.1) is 0 Å². The molecule has 2 heterocycles. The highest BCUT2D eigenvalue weighted by molar-refractivity contribution is 5.85. The van der Waals surface area contributed by atoms with Gasteiger partial charge in [-0.05, 0) is 61.8 Å². The van der Waals surface area contributed by atoms with E-state index in [0.29, 0.717) is 31.0 Å². The lowest BCUT2D eigenvalue weighted by atomic mass is 9.91. The summed E-state index contributed by atoms with van der Waals surface area (Å²) in [5.41, 5.74) is 0.0804. The molecule has 1 aromatic carbocycles. The molecule has 0 atom stereocenters. The number of amides is 1. The van der Waals surface area contributed by atoms with Gasteiger partial charge in [0.15, 0.2) is 0 Å². The molecule has 1 aliphatic heterocycles. The molecule has 6 nitrogen and oxygen atoms in total. The number of halogens is 1. The highest BCUT2D eigenvalue weighted by atomic mass is 19.1. The lowest BCUT2D eigenvalue weighted by molar-refractivity contribution is -0.146. The molecule has 0 aliphatic carbocycles. The molecule has 26 heavy (non-hydrogen) atoms. The van der Waals surface area contributed by atoms with Crippen LogP contribution in [0.15, 0.2) is 42.6 Å². The van der Waals surface area contributed by atoms with Crippen LogP contribution in [0.4, 0.5) is 4.39 Å². The summed E-state index contributed by atoms with van der Waals surface area (Å²) in [6, 6.07) is 9.26. The Labute approximate surface area is 151 Å². The van der Waals surface area contributed by atoms with Gasteiger partial charge in [0.2, 0.25) is 5.88 Å². The predicted molar refractivity (Wildman–Crippen MR) is 94.4 cm³/mol. The van der Waals surface area contributed by atoms with Crippen molar-refractivity contribution in [3.05, 3.63) is 54.0 Å². The maximum Gasteiger partial charge on any atom is 0.252 e. The monoisotopic (exact) mass is 359 g/mol. The third kappa shape index (κ3) is 4.36. The van der Waals surface area contributed by atoms with Crippen molar-refractivity contribution in [2.45, 2.75) is 25.0 Å². The van der Waals surface area contributed by atoms with Crippen molar-refractivity contribution in [1.82, 2.24) is 15.6 Å². The maximum absolute atomic E-state index is 13.0. The summed E-state index contributed by atoms with van der Waals surface area (Å²) < 4.78 is 24.1. The van der Waals surface area contributed by atoms with Crippen LogP contribution in [0.5, 0.6) is 11.6 Å². The molecule has 0 unspecified atom stereocenters. The third-order valence-corrected chi connectivity index (χ3v) is 4.50. The fraction of sp³-hybridized carbons (Fsp3) is 0.368. The van der Waals surface area contributed by atoms with Crippen LogP contribution in [0.3, 0.4) is 0 Å². The lowest BCUT2D eigenvalue weighted by Gasteiger charge is -2.34. The molecule has 2 N–H and O–H groups in total. The number of aromatic nitrogens is 1. The Morgan fingerprint density at radius 2 is 2.00 bits per heavy atom. The zero-order chi connectivity index (χ0) is 18.4. The van der Waals surface area contributed by atoms with Crippen LogP contribution in [0.25, 0.3) is 0 Å². The Kier molecular flexibility index (Phi) is 5.80. The summed E-state index contributed by atoms with van der Waals surface area (Å²) in [5, 5.41) is 6.16. The number of hydrogen-bond donors (Lipinski definition) is 2. The molecule has 1 amide bonds. The van der Waals surface area contributed by atoms with E-state index in [-0.39, 0.29) is 11.7 Å². The molecule has 138 valence electrons. The zero-order valence-electron chi connectivity index (χ0n) is 14.6. The predicted octanol–water partition coefficient (Wildman–Crippen LogP) is 2.40. The first-order valence-electron chi connectivity index (χ1n) is 8.54. The van der Waals surface area contributed by atoms with Crippen molar-refractivity contribution in [1.29, 1.82) is 0 Å².